The van der Waals surface area contributed by atoms with Gasteiger partial charge in [0.25, 0.3) is 0 Å². The molecular formula is C22H46S11. The fourth-order valence-electron chi connectivity index (χ4n) is 2.45. The van der Waals surface area contributed by atoms with Gasteiger partial charge in [-0.3, -0.25) is 0 Å². The molecule has 0 aromatic heterocycles. The van der Waals surface area contributed by atoms with Gasteiger partial charge in [0.1, 0.15) is 0 Å². The topological polar surface area (TPSA) is 0 Å². The van der Waals surface area contributed by atoms with E-state index in [2.05, 4.69) is 167 Å². The SMILES string of the molecule is CCSC(CSCC(C)S)CSCC(CSCC(C)S)SCC(SCC(C)S)SCC(C)S. The molecule has 0 spiro atoms. The maximum absolute atomic E-state index is 4.60. The molecule has 0 aromatic carbocycles. The number of hydrogen-bond donors (Lipinski definition) is 4. The van der Waals surface area contributed by atoms with Gasteiger partial charge in [0.05, 0.1) is 4.58 Å². The van der Waals surface area contributed by atoms with Crippen LogP contribution in [0.4, 0.5) is 0 Å². The van der Waals surface area contributed by atoms with Gasteiger partial charge >= 0.3 is 0 Å². The first-order valence-electron chi connectivity index (χ1n) is 11.6. The molecule has 0 aliphatic carbocycles. The van der Waals surface area contributed by atoms with Crippen molar-refractivity contribution in [3.8, 4) is 0 Å². The lowest BCUT2D eigenvalue weighted by Gasteiger charge is -2.23. The van der Waals surface area contributed by atoms with Crippen LogP contribution in [0.1, 0.15) is 34.6 Å². The molecule has 0 fully saturated rings. The van der Waals surface area contributed by atoms with Crippen molar-refractivity contribution >= 4 is 133 Å². The van der Waals surface area contributed by atoms with E-state index in [1.165, 1.54) is 34.5 Å². The summed E-state index contributed by atoms with van der Waals surface area (Å²) in [7, 11) is 0. The predicted molar refractivity (Wildman–Crippen MR) is 193 cm³/mol. The Morgan fingerprint density at radius 3 is 1.18 bits per heavy atom. The first-order chi connectivity index (χ1) is 15.6. The van der Waals surface area contributed by atoms with Crippen molar-refractivity contribution in [1.82, 2.24) is 0 Å². The Labute approximate surface area is 258 Å². The van der Waals surface area contributed by atoms with Crippen LogP contribution < -0.4 is 0 Å². The smallest absolute Gasteiger partial charge is 0.0593 e. The van der Waals surface area contributed by atoms with E-state index in [4.69, 9.17) is 0 Å². The minimum atomic E-state index is 0.451. The van der Waals surface area contributed by atoms with Gasteiger partial charge in [-0.25, -0.2) is 0 Å². The fourth-order valence-corrected chi connectivity index (χ4v) is 13.2. The van der Waals surface area contributed by atoms with Crippen LogP contribution in [0.25, 0.3) is 0 Å². The highest BCUT2D eigenvalue weighted by molar-refractivity contribution is 8.18. The van der Waals surface area contributed by atoms with Crippen LogP contribution in [0, 0.1) is 0 Å². The third-order valence-electron chi connectivity index (χ3n) is 3.85. The summed E-state index contributed by atoms with van der Waals surface area (Å²) in [4.78, 5) is 0. The zero-order valence-electron chi connectivity index (χ0n) is 20.8. The maximum Gasteiger partial charge on any atom is 0.0593 e. The van der Waals surface area contributed by atoms with Gasteiger partial charge in [-0.2, -0.15) is 109 Å². The zero-order valence-corrected chi connectivity index (χ0v) is 30.1. The summed E-state index contributed by atoms with van der Waals surface area (Å²) >= 11 is 33.1. The molecule has 0 saturated carbocycles. The summed E-state index contributed by atoms with van der Waals surface area (Å²) in [6, 6.07) is 0. The number of rotatable bonds is 23. The standard InChI is InChI=1S/C22H46S11/c1-6-30-20(11-27-7-16(2)23)12-29-14-21(13-28-8-17(3)24)31-15-22(32-9-18(4)25)33-10-19(5)26/h16-26H,6-15H2,1-5H3. The van der Waals surface area contributed by atoms with Crippen molar-refractivity contribution in [1.29, 1.82) is 0 Å². The molecule has 0 heterocycles. The maximum atomic E-state index is 4.60. The van der Waals surface area contributed by atoms with E-state index in [0.29, 0.717) is 30.8 Å². The second kappa shape index (κ2) is 24.9. The van der Waals surface area contributed by atoms with E-state index in [1.807, 2.05) is 0 Å². The van der Waals surface area contributed by atoms with Gasteiger partial charge in [0, 0.05) is 83.3 Å². The van der Waals surface area contributed by atoms with Crippen molar-refractivity contribution in [2.75, 3.05) is 57.5 Å². The Morgan fingerprint density at radius 1 is 0.455 bits per heavy atom. The first kappa shape index (κ1) is 36.8. The van der Waals surface area contributed by atoms with Crippen LogP contribution in [0.5, 0.6) is 0 Å². The molecule has 0 amide bonds. The third kappa shape index (κ3) is 25.9. The Hall–Kier alpha value is 3.85. The number of hydrogen-bond acceptors (Lipinski definition) is 11. The molecule has 0 saturated heterocycles. The van der Waals surface area contributed by atoms with E-state index in [1.54, 1.807) is 0 Å². The van der Waals surface area contributed by atoms with Crippen LogP contribution in [0.3, 0.4) is 0 Å². The second-order valence-corrected chi connectivity index (χ2v) is 20.6. The lowest BCUT2D eigenvalue weighted by atomic mass is 10.5. The molecule has 0 aromatic rings. The minimum Gasteiger partial charge on any atom is -0.175 e. The largest absolute Gasteiger partial charge is 0.175 e. The Balaban J connectivity index is 4.71. The monoisotopic (exact) mass is 662 g/mol. The van der Waals surface area contributed by atoms with Crippen molar-refractivity contribution in [2.24, 2.45) is 0 Å². The van der Waals surface area contributed by atoms with Crippen LogP contribution in [-0.2, 0) is 0 Å². The minimum absolute atomic E-state index is 0.451. The quantitative estimate of drug-likeness (QED) is 0.0632. The molecule has 0 aliphatic heterocycles. The summed E-state index contributed by atoms with van der Waals surface area (Å²) in [6.45, 7) is 11.1. The Kier molecular flexibility index (Phi) is 27.8. The van der Waals surface area contributed by atoms with E-state index in [9.17, 15) is 0 Å². The molecule has 6 unspecified atom stereocenters. The summed E-state index contributed by atoms with van der Waals surface area (Å²) in [5, 5.41) is 3.31. The first-order valence-corrected chi connectivity index (χ1v) is 21.3. The fraction of sp³-hybridized carbons (Fsp3) is 1.00. The lowest BCUT2D eigenvalue weighted by Crippen LogP contribution is -2.19. The Morgan fingerprint density at radius 2 is 0.818 bits per heavy atom. The lowest BCUT2D eigenvalue weighted by molar-refractivity contribution is 1.09. The number of thiol groups is 4. The van der Waals surface area contributed by atoms with E-state index in [-0.39, 0.29) is 0 Å². The van der Waals surface area contributed by atoms with Crippen LogP contribution in [0.15, 0.2) is 0 Å². The highest BCUT2D eigenvalue weighted by Gasteiger charge is 2.18. The van der Waals surface area contributed by atoms with Gasteiger partial charge in [0.2, 0.25) is 0 Å². The van der Waals surface area contributed by atoms with Crippen molar-refractivity contribution < 1.29 is 0 Å². The van der Waals surface area contributed by atoms with Gasteiger partial charge in [-0.1, -0.05) is 34.6 Å². The molecular weight excluding hydrogens is 617 g/mol. The van der Waals surface area contributed by atoms with Crippen LogP contribution in [-0.4, -0.2) is 93.6 Å². The van der Waals surface area contributed by atoms with E-state index in [0.717, 1.165) is 28.3 Å². The second-order valence-electron chi connectivity index (χ2n) is 8.14. The van der Waals surface area contributed by atoms with Crippen LogP contribution in [0.2, 0.25) is 0 Å². The highest BCUT2D eigenvalue weighted by Crippen LogP contribution is 2.33. The molecule has 33 heavy (non-hydrogen) atoms. The molecule has 200 valence electrons. The van der Waals surface area contributed by atoms with Gasteiger partial charge in [0.15, 0.2) is 0 Å². The summed E-state index contributed by atoms with van der Waals surface area (Å²) in [6.07, 6.45) is 0. The molecule has 0 aliphatic rings. The molecule has 0 radical (unpaired) electrons. The summed E-state index contributed by atoms with van der Waals surface area (Å²) < 4.78 is 0.628. The van der Waals surface area contributed by atoms with Crippen molar-refractivity contribution in [2.45, 2.75) is 70.7 Å². The van der Waals surface area contributed by atoms with Crippen molar-refractivity contribution in [3.05, 3.63) is 0 Å². The molecule has 0 bridgehead atoms. The van der Waals surface area contributed by atoms with Gasteiger partial charge < -0.3 is 0 Å². The normalized spacial score (nSPS) is 18.5. The van der Waals surface area contributed by atoms with E-state index >= 15 is 0 Å². The Bertz CT molecular complexity index is 409. The van der Waals surface area contributed by atoms with Crippen LogP contribution >= 0.6 is 133 Å². The van der Waals surface area contributed by atoms with Gasteiger partial charge in [-0.15, -0.1) is 23.5 Å². The molecule has 11 heteroatoms. The zero-order chi connectivity index (χ0) is 25.1. The molecule has 0 N–H and O–H groups in total. The molecule has 6 atom stereocenters. The predicted octanol–water partition coefficient (Wildman–Crippen LogP) is 8.48. The molecule has 0 rings (SSSR count). The average Bonchev–Trinajstić information content (AvgIpc) is 2.71. The van der Waals surface area contributed by atoms with E-state index < -0.39 is 0 Å². The summed E-state index contributed by atoms with van der Waals surface area (Å²) in [5.74, 6) is 11.9. The number of thioether (sulfide) groups is 7. The average molecular weight is 663 g/mol. The summed E-state index contributed by atoms with van der Waals surface area (Å²) in [5.41, 5.74) is 0. The molecule has 0 nitrogen and oxygen atoms in total. The van der Waals surface area contributed by atoms with Crippen molar-refractivity contribution in [3.63, 3.8) is 0 Å². The van der Waals surface area contributed by atoms with Gasteiger partial charge in [-0.05, 0) is 5.75 Å². The third-order valence-corrected chi connectivity index (χ3v) is 16.6. The highest BCUT2D eigenvalue weighted by atomic mass is 32.2.